The Morgan fingerprint density at radius 1 is 1.13 bits per heavy atom. The van der Waals surface area contributed by atoms with Gasteiger partial charge >= 0.3 is 0 Å². The molecule has 7 heteroatoms. The van der Waals surface area contributed by atoms with Crippen LogP contribution in [0.5, 0.6) is 0 Å². The molecule has 1 aromatic carbocycles. The minimum atomic E-state index is -0.441. The number of hydrogen-bond acceptors (Lipinski definition) is 4. The van der Waals surface area contributed by atoms with Crippen molar-refractivity contribution in [3.05, 3.63) is 65.6 Å². The number of furan rings is 1. The molecule has 0 bridgehead atoms. The van der Waals surface area contributed by atoms with Crippen molar-refractivity contribution in [1.82, 2.24) is 16.2 Å². The molecule has 3 N–H and O–H groups in total. The van der Waals surface area contributed by atoms with Crippen LogP contribution in [0.1, 0.15) is 21.7 Å². The molecule has 0 fully saturated rings. The fourth-order valence-electron chi connectivity index (χ4n) is 1.62. The number of aryl methyl sites for hydroxylation is 1. The molecule has 23 heavy (non-hydrogen) atoms. The van der Waals surface area contributed by atoms with Crippen LogP contribution < -0.4 is 16.2 Å². The number of carbonyl (C=O) groups is 2. The summed E-state index contributed by atoms with van der Waals surface area (Å²) in [5.74, 6) is -0.247. The summed E-state index contributed by atoms with van der Waals surface area (Å²) >= 11 is 4.92. The minimum Gasteiger partial charge on any atom is -0.465 e. The monoisotopic (exact) mass is 329 g/mol. The van der Waals surface area contributed by atoms with Gasteiger partial charge in [-0.05, 0) is 49.5 Å². The normalized spacial score (nSPS) is 10.3. The molecule has 0 unspecified atom stereocenters. The number of benzene rings is 1. The Labute approximate surface area is 138 Å². The van der Waals surface area contributed by atoms with Crippen LogP contribution in [0.2, 0.25) is 0 Å². The van der Waals surface area contributed by atoms with E-state index in [0.717, 1.165) is 5.56 Å². The molecule has 118 valence electrons. The van der Waals surface area contributed by atoms with Gasteiger partial charge in [0, 0.05) is 11.6 Å². The van der Waals surface area contributed by atoms with Crippen molar-refractivity contribution in [3.63, 3.8) is 0 Å². The molecule has 0 saturated heterocycles. The van der Waals surface area contributed by atoms with E-state index in [0.29, 0.717) is 11.3 Å². The Morgan fingerprint density at radius 2 is 1.87 bits per heavy atom. The highest BCUT2D eigenvalue weighted by atomic mass is 32.1. The van der Waals surface area contributed by atoms with Crippen LogP contribution in [0.25, 0.3) is 6.08 Å². The van der Waals surface area contributed by atoms with E-state index >= 15 is 0 Å². The van der Waals surface area contributed by atoms with Gasteiger partial charge in [-0.1, -0.05) is 17.7 Å². The van der Waals surface area contributed by atoms with Gasteiger partial charge in [-0.15, -0.1) is 0 Å². The Morgan fingerprint density at radius 3 is 2.52 bits per heavy atom. The van der Waals surface area contributed by atoms with Crippen LogP contribution in [0.4, 0.5) is 0 Å². The van der Waals surface area contributed by atoms with Crippen molar-refractivity contribution in [2.45, 2.75) is 6.92 Å². The molecule has 1 heterocycles. The predicted octanol–water partition coefficient (Wildman–Crippen LogP) is 1.94. The number of hydrazine groups is 1. The second kappa shape index (κ2) is 7.90. The molecule has 0 aliphatic carbocycles. The van der Waals surface area contributed by atoms with Crippen molar-refractivity contribution >= 4 is 35.2 Å². The molecular formula is C16H15N3O3S. The Hall–Kier alpha value is -2.93. The van der Waals surface area contributed by atoms with Crippen LogP contribution in [0, 0.1) is 6.92 Å². The molecule has 0 atom stereocenters. The van der Waals surface area contributed by atoms with Gasteiger partial charge < -0.3 is 4.42 Å². The quantitative estimate of drug-likeness (QED) is 0.455. The first-order valence-electron chi connectivity index (χ1n) is 6.74. The molecule has 0 spiro atoms. The first-order chi connectivity index (χ1) is 11.0. The number of nitrogens with one attached hydrogen (secondary N) is 3. The van der Waals surface area contributed by atoms with E-state index in [2.05, 4.69) is 16.2 Å². The first-order valence-corrected chi connectivity index (χ1v) is 7.15. The second-order valence-corrected chi connectivity index (χ2v) is 5.02. The highest BCUT2D eigenvalue weighted by molar-refractivity contribution is 7.80. The van der Waals surface area contributed by atoms with E-state index in [1.807, 2.05) is 19.1 Å². The molecule has 6 nitrogen and oxygen atoms in total. The average molecular weight is 329 g/mol. The van der Waals surface area contributed by atoms with Gasteiger partial charge in [0.25, 0.3) is 5.91 Å². The molecular weight excluding hydrogens is 314 g/mol. The Bertz CT molecular complexity index is 722. The highest BCUT2D eigenvalue weighted by Crippen LogP contribution is 2.02. The van der Waals surface area contributed by atoms with Gasteiger partial charge in [0.1, 0.15) is 5.76 Å². The highest BCUT2D eigenvalue weighted by Gasteiger charge is 2.06. The molecule has 0 saturated carbocycles. The zero-order valence-corrected chi connectivity index (χ0v) is 13.1. The summed E-state index contributed by atoms with van der Waals surface area (Å²) in [6.07, 6.45) is 4.28. The van der Waals surface area contributed by atoms with Gasteiger partial charge in [0.15, 0.2) is 5.11 Å². The van der Waals surface area contributed by atoms with Crippen molar-refractivity contribution in [1.29, 1.82) is 0 Å². The van der Waals surface area contributed by atoms with Crippen LogP contribution in [-0.2, 0) is 4.79 Å². The summed E-state index contributed by atoms with van der Waals surface area (Å²) in [7, 11) is 0. The zero-order valence-electron chi connectivity index (χ0n) is 12.3. The minimum absolute atomic E-state index is 0.0143. The average Bonchev–Trinajstić information content (AvgIpc) is 3.05. The molecule has 2 aromatic rings. The van der Waals surface area contributed by atoms with Crippen LogP contribution in [0.15, 0.2) is 53.2 Å². The Kier molecular flexibility index (Phi) is 5.65. The van der Waals surface area contributed by atoms with E-state index in [1.54, 1.807) is 24.3 Å². The van der Waals surface area contributed by atoms with Gasteiger partial charge in [0.05, 0.1) is 6.26 Å². The maximum Gasteiger partial charge on any atom is 0.269 e. The SMILES string of the molecule is Cc1ccc(C(=O)NNC(=S)NC(=O)C=Cc2ccco2)cc1. The Balaban J connectivity index is 1.77. The summed E-state index contributed by atoms with van der Waals surface area (Å²) in [5.41, 5.74) is 6.41. The van der Waals surface area contributed by atoms with Crippen LogP contribution >= 0.6 is 12.2 Å². The molecule has 0 radical (unpaired) electrons. The third-order valence-corrected chi connectivity index (χ3v) is 2.99. The predicted molar refractivity (Wildman–Crippen MR) is 90.3 cm³/mol. The molecule has 2 rings (SSSR count). The summed E-state index contributed by atoms with van der Waals surface area (Å²) in [6, 6.07) is 10.5. The topological polar surface area (TPSA) is 83.4 Å². The molecule has 0 aliphatic heterocycles. The maximum atomic E-state index is 11.9. The number of rotatable bonds is 3. The third-order valence-electron chi connectivity index (χ3n) is 2.78. The number of hydrogen-bond donors (Lipinski definition) is 3. The smallest absolute Gasteiger partial charge is 0.269 e. The second-order valence-electron chi connectivity index (χ2n) is 4.61. The molecule has 0 aliphatic rings. The van der Waals surface area contributed by atoms with Crippen LogP contribution in [-0.4, -0.2) is 16.9 Å². The summed E-state index contributed by atoms with van der Waals surface area (Å²) < 4.78 is 5.05. The summed E-state index contributed by atoms with van der Waals surface area (Å²) in [6.45, 7) is 1.93. The van der Waals surface area contributed by atoms with Crippen molar-refractivity contribution < 1.29 is 14.0 Å². The third kappa shape index (κ3) is 5.40. The van der Waals surface area contributed by atoms with E-state index in [4.69, 9.17) is 16.6 Å². The van der Waals surface area contributed by atoms with Crippen molar-refractivity contribution in [3.8, 4) is 0 Å². The number of thiocarbonyl (C=S) groups is 1. The fourth-order valence-corrected chi connectivity index (χ4v) is 1.77. The van der Waals surface area contributed by atoms with Crippen molar-refractivity contribution in [2.75, 3.05) is 0 Å². The van der Waals surface area contributed by atoms with Gasteiger partial charge in [-0.2, -0.15) is 0 Å². The number of carbonyl (C=O) groups excluding carboxylic acids is 2. The largest absolute Gasteiger partial charge is 0.465 e. The molecule has 2 amide bonds. The van der Waals surface area contributed by atoms with E-state index in [1.165, 1.54) is 18.4 Å². The lowest BCUT2D eigenvalue weighted by atomic mass is 10.1. The first kappa shape index (κ1) is 16.4. The lowest BCUT2D eigenvalue weighted by molar-refractivity contribution is -0.115. The fraction of sp³-hybridized carbons (Fsp3) is 0.0625. The lowest BCUT2D eigenvalue weighted by Gasteiger charge is -2.09. The van der Waals surface area contributed by atoms with E-state index in [9.17, 15) is 9.59 Å². The van der Waals surface area contributed by atoms with E-state index in [-0.39, 0.29) is 11.0 Å². The summed E-state index contributed by atoms with van der Waals surface area (Å²) in [5, 5.41) is 2.38. The number of amides is 2. The van der Waals surface area contributed by atoms with Crippen LogP contribution in [0.3, 0.4) is 0 Å². The van der Waals surface area contributed by atoms with Gasteiger partial charge in [-0.3, -0.25) is 25.8 Å². The van der Waals surface area contributed by atoms with E-state index < -0.39 is 5.91 Å². The van der Waals surface area contributed by atoms with Crippen molar-refractivity contribution in [2.24, 2.45) is 0 Å². The summed E-state index contributed by atoms with van der Waals surface area (Å²) in [4.78, 5) is 23.5. The lowest BCUT2D eigenvalue weighted by Crippen LogP contribution is -2.48. The molecule has 1 aromatic heterocycles. The van der Waals surface area contributed by atoms with Gasteiger partial charge in [0.2, 0.25) is 5.91 Å². The van der Waals surface area contributed by atoms with Gasteiger partial charge in [-0.25, -0.2) is 0 Å². The maximum absolute atomic E-state index is 11.9. The standard InChI is InChI=1S/C16H15N3O3S/c1-11-4-6-12(7-5-11)15(21)18-19-16(23)17-14(20)9-8-13-3-2-10-22-13/h2-10H,1H3,(H,18,21)(H2,17,19,20,23). The zero-order chi connectivity index (χ0) is 16.7.